The first-order chi connectivity index (χ1) is 11.2. The molecule has 0 spiro atoms. The first-order valence-corrected chi connectivity index (χ1v) is 8.37. The standard InChI is InChI=1S/C18H18BrFN2O.ClH/c1-23-17-8-6-13(19)11-12(17)5-7-14-15(3-2-4-16(14)20)18-21-9-10-22-18;/h2-4,6,8,11H,5,7,9-10H2,1H3,(H,21,22);1H. The second-order valence-corrected chi connectivity index (χ2v) is 6.29. The number of ether oxygens (including phenoxy) is 1. The van der Waals surface area contributed by atoms with Gasteiger partial charge in [0.15, 0.2) is 0 Å². The maximum Gasteiger partial charge on any atom is 0.128 e. The van der Waals surface area contributed by atoms with Crippen molar-refractivity contribution in [1.29, 1.82) is 0 Å². The van der Waals surface area contributed by atoms with Crippen LogP contribution in [0, 0.1) is 5.82 Å². The van der Waals surface area contributed by atoms with Crippen molar-refractivity contribution in [3.8, 4) is 5.75 Å². The van der Waals surface area contributed by atoms with Gasteiger partial charge in [-0.15, -0.1) is 12.4 Å². The molecule has 3 rings (SSSR count). The van der Waals surface area contributed by atoms with E-state index >= 15 is 0 Å². The van der Waals surface area contributed by atoms with Crippen LogP contribution in [-0.2, 0) is 12.8 Å². The van der Waals surface area contributed by atoms with E-state index in [-0.39, 0.29) is 18.2 Å². The van der Waals surface area contributed by atoms with Crippen molar-refractivity contribution in [2.75, 3.05) is 20.2 Å². The average molecular weight is 414 g/mol. The molecular formula is C18H19BrClFN2O. The van der Waals surface area contributed by atoms with Gasteiger partial charge in [-0.1, -0.05) is 28.1 Å². The van der Waals surface area contributed by atoms with Gasteiger partial charge in [0.25, 0.3) is 0 Å². The Balaban J connectivity index is 0.00000208. The molecule has 1 aliphatic rings. The Kier molecular flexibility index (Phi) is 6.63. The molecule has 0 saturated carbocycles. The van der Waals surface area contributed by atoms with Gasteiger partial charge in [-0.05, 0) is 48.2 Å². The van der Waals surface area contributed by atoms with Crippen molar-refractivity contribution in [2.24, 2.45) is 4.99 Å². The highest BCUT2D eigenvalue weighted by molar-refractivity contribution is 9.10. The van der Waals surface area contributed by atoms with Crippen LogP contribution in [0.2, 0.25) is 0 Å². The summed E-state index contributed by atoms with van der Waals surface area (Å²) in [4.78, 5) is 4.42. The number of aliphatic imine (C=N–C) groups is 1. The van der Waals surface area contributed by atoms with Gasteiger partial charge < -0.3 is 10.1 Å². The van der Waals surface area contributed by atoms with Crippen LogP contribution in [0.25, 0.3) is 0 Å². The lowest BCUT2D eigenvalue weighted by molar-refractivity contribution is 0.409. The second kappa shape index (κ2) is 8.49. The summed E-state index contributed by atoms with van der Waals surface area (Å²) in [5.74, 6) is 1.43. The molecule has 3 nitrogen and oxygen atoms in total. The maximum atomic E-state index is 14.3. The number of aryl methyl sites for hydroxylation is 1. The Hall–Kier alpha value is -1.59. The quantitative estimate of drug-likeness (QED) is 0.799. The summed E-state index contributed by atoms with van der Waals surface area (Å²) in [6.07, 6.45) is 1.29. The lowest BCUT2D eigenvalue weighted by atomic mass is 9.98. The van der Waals surface area contributed by atoms with Crippen LogP contribution in [0.5, 0.6) is 5.75 Å². The molecule has 0 bridgehead atoms. The molecule has 1 aliphatic heterocycles. The van der Waals surface area contributed by atoms with E-state index in [4.69, 9.17) is 4.74 Å². The molecule has 0 atom stereocenters. The molecule has 1 heterocycles. The number of nitrogens with one attached hydrogen (secondary N) is 1. The Morgan fingerprint density at radius 3 is 2.79 bits per heavy atom. The van der Waals surface area contributed by atoms with Crippen LogP contribution >= 0.6 is 28.3 Å². The van der Waals surface area contributed by atoms with Crippen LogP contribution in [0.1, 0.15) is 16.7 Å². The molecule has 24 heavy (non-hydrogen) atoms. The first kappa shape index (κ1) is 18.7. The van der Waals surface area contributed by atoms with E-state index in [1.807, 2.05) is 24.3 Å². The van der Waals surface area contributed by atoms with Crippen molar-refractivity contribution >= 4 is 34.2 Å². The molecule has 2 aromatic carbocycles. The van der Waals surface area contributed by atoms with E-state index in [0.29, 0.717) is 18.4 Å². The van der Waals surface area contributed by atoms with Gasteiger partial charge in [0.1, 0.15) is 17.4 Å². The predicted molar refractivity (Wildman–Crippen MR) is 101 cm³/mol. The summed E-state index contributed by atoms with van der Waals surface area (Å²) in [7, 11) is 1.65. The van der Waals surface area contributed by atoms with Gasteiger partial charge in [-0.25, -0.2) is 4.39 Å². The van der Waals surface area contributed by atoms with Gasteiger partial charge in [0.05, 0.1) is 13.7 Å². The summed E-state index contributed by atoms with van der Waals surface area (Å²) in [6, 6.07) is 11.0. The van der Waals surface area contributed by atoms with Crippen LogP contribution in [-0.4, -0.2) is 26.0 Å². The topological polar surface area (TPSA) is 33.6 Å². The minimum absolute atomic E-state index is 0. The van der Waals surface area contributed by atoms with Gasteiger partial charge in [-0.3, -0.25) is 4.99 Å². The summed E-state index contributed by atoms with van der Waals surface area (Å²) >= 11 is 3.48. The lowest BCUT2D eigenvalue weighted by Crippen LogP contribution is -2.21. The van der Waals surface area contributed by atoms with Crippen molar-refractivity contribution in [3.63, 3.8) is 0 Å². The number of hydrogen-bond donors (Lipinski definition) is 1. The average Bonchev–Trinajstić information content (AvgIpc) is 3.08. The highest BCUT2D eigenvalue weighted by atomic mass is 79.9. The minimum Gasteiger partial charge on any atom is -0.496 e. The van der Waals surface area contributed by atoms with Crippen molar-refractivity contribution in [1.82, 2.24) is 5.32 Å². The van der Waals surface area contributed by atoms with Crippen molar-refractivity contribution in [2.45, 2.75) is 12.8 Å². The van der Waals surface area contributed by atoms with Crippen LogP contribution in [0.15, 0.2) is 45.9 Å². The number of nitrogens with zero attached hydrogens (tertiary/aromatic N) is 1. The number of methoxy groups -OCH3 is 1. The fourth-order valence-electron chi connectivity index (χ4n) is 2.82. The largest absolute Gasteiger partial charge is 0.496 e. The summed E-state index contributed by atoms with van der Waals surface area (Å²) in [6.45, 7) is 1.55. The van der Waals surface area contributed by atoms with E-state index in [9.17, 15) is 4.39 Å². The minimum atomic E-state index is -0.187. The Labute approximate surface area is 155 Å². The molecule has 0 amide bonds. The zero-order valence-corrected chi connectivity index (χ0v) is 15.7. The molecule has 2 aromatic rings. The molecule has 0 aromatic heterocycles. The van der Waals surface area contributed by atoms with Gasteiger partial charge in [0, 0.05) is 16.6 Å². The molecule has 1 N–H and O–H groups in total. The fourth-order valence-corrected chi connectivity index (χ4v) is 3.22. The number of halogens is 3. The Bertz CT molecular complexity index is 752. The lowest BCUT2D eigenvalue weighted by Gasteiger charge is -2.13. The summed E-state index contributed by atoms with van der Waals surface area (Å²) in [5.41, 5.74) is 2.61. The molecule has 0 saturated heterocycles. The Morgan fingerprint density at radius 1 is 1.25 bits per heavy atom. The van der Waals surface area contributed by atoms with Crippen molar-refractivity contribution in [3.05, 3.63) is 63.4 Å². The number of hydrogen-bond acceptors (Lipinski definition) is 3. The van der Waals surface area contributed by atoms with E-state index < -0.39 is 0 Å². The molecule has 6 heteroatoms. The zero-order valence-electron chi connectivity index (χ0n) is 13.3. The number of amidine groups is 1. The maximum absolute atomic E-state index is 14.3. The van der Waals surface area contributed by atoms with E-state index in [0.717, 1.165) is 40.3 Å². The van der Waals surface area contributed by atoms with Gasteiger partial charge in [0.2, 0.25) is 0 Å². The predicted octanol–water partition coefficient (Wildman–Crippen LogP) is 4.15. The highest BCUT2D eigenvalue weighted by Gasteiger charge is 2.16. The molecular weight excluding hydrogens is 395 g/mol. The number of benzene rings is 2. The van der Waals surface area contributed by atoms with Crippen LogP contribution in [0.4, 0.5) is 4.39 Å². The molecule has 0 radical (unpaired) electrons. The first-order valence-electron chi connectivity index (χ1n) is 7.57. The summed E-state index contributed by atoms with van der Waals surface area (Å²) in [5, 5.41) is 3.22. The SMILES string of the molecule is COc1ccc(Br)cc1CCc1c(F)cccc1C1=NCCN1.Cl. The van der Waals surface area contributed by atoms with Crippen LogP contribution in [0.3, 0.4) is 0 Å². The highest BCUT2D eigenvalue weighted by Crippen LogP contribution is 2.26. The van der Waals surface area contributed by atoms with E-state index in [1.54, 1.807) is 13.2 Å². The van der Waals surface area contributed by atoms with Crippen LogP contribution < -0.4 is 10.1 Å². The molecule has 0 aliphatic carbocycles. The summed E-state index contributed by atoms with van der Waals surface area (Å²) < 4.78 is 20.7. The fraction of sp³-hybridized carbons (Fsp3) is 0.278. The van der Waals surface area contributed by atoms with E-state index in [2.05, 4.69) is 26.2 Å². The molecule has 0 unspecified atom stereocenters. The van der Waals surface area contributed by atoms with Gasteiger partial charge in [-0.2, -0.15) is 0 Å². The third kappa shape index (κ3) is 4.08. The number of rotatable bonds is 5. The normalized spacial score (nSPS) is 13.0. The van der Waals surface area contributed by atoms with Gasteiger partial charge >= 0.3 is 0 Å². The second-order valence-electron chi connectivity index (χ2n) is 5.38. The third-order valence-corrected chi connectivity index (χ3v) is 4.43. The van der Waals surface area contributed by atoms with Crippen molar-refractivity contribution < 1.29 is 9.13 Å². The molecule has 0 fully saturated rings. The monoisotopic (exact) mass is 412 g/mol. The Morgan fingerprint density at radius 2 is 2.08 bits per heavy atom. The smallest absolute Gasteiger partial charge is 0.128 e. The third-order valence-electron chi connectivity index (χ3n) is 3.93. The zero-order chi connectivity index (χ0) is 16.2. The molecule has 128 valence electrons. The van der Waals surface area contributed by atoms with E-state index in [1.165, 1.54) is 6.07 Å².